The van der Waals surface area contributed by atoms with Crippen LogP contribution in [-0.4, -0.2) is 33.3 Å². The Bertz CT molecular complexity index is 492. The second-order valence-corrected chi connectivity index (χ2v) is 4.97. The summed E-state index contributed by atoms with van der Waals surface area (Å²) >= 11 is 0. The summed E-state index contributed by atoms with van der Waals surface area (Å²) in [5.74, 6) is -0.807. The van der Waals surface area contributed by atoms with Gasteiger partial charge in [0, 0.05) is 18.5 Å². The van der Waals surface area contributed by atoms with Crippen molar-refractivity contribution in [3.8, 4) is 5.75 Å². The van der Waals surface area contributed by atoms with Crippen LogP contribution < -0.4 is 10.1 Å². The largest absolute Gasteiger partial charge is 0.494 e. The lowest BCUT2D eigenvalue weighted by Crippen LogP contribution is -2.37. The third-order valence-corrected chi connectivity index (χ3v) is 3.91. The zero-order valence-corrected chi connectivity index (χ0v) is 11.3. The summed E-state index contributed by atoms with van der Waals surface area (Å²) in [4.78, 5) is 11.8. The van der Waals surface area contributed by atoms with Crippen LogP contribution in [0.5, 0.6) is 5.75 Å². The van der Waals surface area contributed by atoms with Gasteiger partial charge in [0.15, 0.2) is 11.6 Å². The molecule has 0 aliphatic carbocycles. The molecular weight excluding hydrogens is 249 g/mol. The molecule has 2 atom stereocenters. The highest BCUT2D eigenvalue weighted by molar-refractivity contribution is 5.75. The van der Waals surface area contributed by atoms with E-state index < -0.39 is 11.2 Å². The minimum absolute atomic E-state index is 0.202. The Hall–Kier alpha value is -1.62. The highest BCUT2D eigenvalue weighted by Crippen LogP contribution is 2.37. The van der Waals surface area contributed by atoms with Crippen LogP contribution in [0.1, 0.15) is 12.5 Å². The smallest absolute Gasteiger partial charge is 0.310 e. The summed E-state index contributed by atoms with van der Waals surface area (Å²) in [7, 11) is 2.80. The molecule has 1 aliphatic heterocycles. The van der Waals surface area contributed by atoms with Crippen LogP contribution in [0.15, 0.2) is 18.2 Å². The lowest BCUT2D eigenvalue weighted by molar-refractivity contribution is -0.146. The van der Waals surface area contributed by atoms with Gasteiger partial charge >= 0.3 is 5.97 Å². The van der Waals surface area contributed by atoms with Gasteiger partial charge in [0.05, 0.1) is 20.1 Å². The molecule has 0 amide bonds. The van der Waals surface area contributed by atoms with Crippen molar-refractivity contribution in [2.24, 2.45) is 5.92 Å². The number of methoxy groups -OCH3 is 2. The number of halogens is 1. The van der Waals surface area contributed by atoms with Crippen molar-refractivity contribution in [2.45, 2.75) is 12.3 Å². The molecule has 1 saturated heterocycles. The fraction of sp³-hybridized carbons (Fsp3) is 0.500. The van der Waals surface area contributed by atoms with Crippen LogP contribution in [-0.2, 0) is 14.9 Å². The molecule has 4 nitrogen and oxygen atoms in total. The molecule has 19 heavy (non-hydrogen) atoms. The van der Waals surface area contributed by atoms with E-state index in [1.807, 2.05) is 6.92 Å². The second kappa shape index (κ2) is 5.17. The second-order valence-electron chi connectivity index (χ2n) is 4.97. The Morgan fingerprint density at radius 1 is 1.47 bits per heavy atom. The molecule has 0 spiro atoms. The summed E-state index contributed by atoms with van der Waals surface area (Å²) in [5, 5.41) is 3.17. The third-order valence-electron chi connectivity index (χ3n) is 3.91. The molecule has 104 valence electrons. The van der Waals surface area contributed by atoms with Crippen molar-refractivity contribution in [2.75, 3.05) is 27.3 Å². The first-order valence-corrected chi connectivity index (χ1v) is 6.15. The Morgan fingerprint density at radius 2 is 2.21 bits per heavy atom. The van der Waals surface area contributed by atoms with E-state index in [4.69, 9.17) is 9.47 Å². The Kier molecular flexibility index (Phi) is 3.75. The number of hydrogen-bond acceptors (Lipinski definition) is 4. The predicted molar refractivity (Wildman–Crippen MR) is 68.7 cm³/mol. The Balaban J connectivity index is 2.38. The van der Waals surface area contributed by atoms with Crippen LogP contribution >= 0.6 is 0 Å². The van der Waals surface area contributed by atoms with E-state index in [1.54, 1.807) is 12.1 Å². The van der Waals surface area contributed by atoms with E-state index in [1.165, 1.54) is 20.3 Å². The highest BCUT2D eigenvalue weighted by atomic mass is 19.1. The lowest BCUT2D eigenvalue weighted by Gasteiger charge is -2.29. The zero-order valence-electron chi connectivity index (χ0n) is 11.3. The quantitative estimate of drug-likeness (QED) is 0.843. The van der Waals surface area contributed by atoms with Gasteiger partial charge in [-0.15, -0.1) is 0 Å². The van der Waals surface area contributed by atoms with Crippen molar-refractivity contribution < 1.29 is 18.7 Å². The molecule has 2 unspecified atom stereocenters. The van der Waals surface area contributed by atoms with Crippen molar-refractivity contribution in [3.63, 3.8) is 0 Å². The summed E-state index contributed by atoms with van der Waals surface area (Å²) < 4.78 is 23.6. The van der Waals surface area contributed by atoms with Gasteiger partial charge in [0.1, 0.15) is 0 Å². The number of benzene rings is 1. The maximum atomic E-state index is 13.8. The minimum Gasteiger partial charge on any atom is -0.494 e. The Morgan fingerprint density at radius 3 is 2.79 bits per heavy atom. The maximum absolute atomic E-state index is 13.8. The number of hydrogen-bond donors (Lipinski definition) is 1. The molecule has 2 rings (SSSR count). The summed E-state index contributed by atoms with van der Waals surface area (Å²) in [6.07, 6.45) is 0. The first-order valence-electron chi connectivity index (χ1n) is 6.15. The zero-order chi connectivity index (χ0) is 14.0. The van der Waals surface area contributed by atoms with Crippen molar-refractivity contribution in [3.05, 3.63) is 29.6 Å². The number of carbonyl (C=O) groups is 1. The maximum Gasteiger partial charge on any atom is 0.310 e. The fourth-order valence-corrected chi connectivity index (χ4v) is 2.64. The molecule has 5 heteroatoms. The Labute approximate surface area is 111 Å². The monoisotopic (exact) mass is 267 g/mol. The molecule has 1 N–H and O–H groups in total. The van der Waals surface area contributed by atoms with Crippen LogP contribution in [0.3, 0.4) is 0 Å². The van der Waals surface area contributed by atoms with Crippen molar-refractivity contribution in [1.29, 1.82) is 0 Å². The van der Waals surface area contributed by atoms with Gasteiger partial charge in [0.2, 0.25) is 0 Å². The topological polar surface area (TPSA) is 47.6 Å². The lowest BCUT2D eigenvalue weighted by atomic mass is 9.74. The molecule has 0 aromatic heterocycles. The predicted octanol–water partition coefficient (Wildman–Crippen LogP) is 1.48. The number of rotatable bonds is 3. The van der Waals surface area contributed by atoms with Crippen molar-refractivity contribution in [1.82, 2.24) is 5.32 Å². The number of ether oxygens (including phenoxy) is 2. The van der Waals surface area contributed by atoms with E-state index in [9.17, 15) is 9.18 Å². The van der Waals surface area contributed by atoms with Gasteiger partial charge < -0.3 is 14.8 Å². The third kappa shape index (κ3) is 2.30. The molecule has 1 fully saturated rings. The first kappa shape index (κ1) is 13.8. The average Bonchev–Trinajstić information content (AvgIpc) is 2.81. The SMILES string of the molecule is COC(=O)C1CNCC1(C)c1ccc(OC)c(F)c1. The summed E-state index contributed by atoms with van der Waals surface area (Å²) in [6, 6.07) is 4.81. The van der Waals surface area contributed by atoms with Crippen LogP contribution in [0.2, 0.25) is 0 Å². The van der Waals surface area contributed by atoms with Gasteiger partial charge in [-0.05, 0) is 17.7 Å². The van der Waals surface area contributed by atoms with Crippen molar-refractivity contribution >= 4 is 5.97 Å². The van der Waals surface area contributed by atoms with Crippen LogP contribution in [0, 0.1) is 11.7 Å². The molecule has 1 aromatic carbocycles. The molecule has 0 bridgehead atoms. The van der Waals surface area contributed by atoms with E-state index in [-0.39, 0.29) is 17.6 Å². The highest BCUT2D eigenvalue weighted by Gasteiger charge is 2.45. The normalized spacial score (nSPS) is 26.2. The molecule has 1 heterocycles. The molecule has 1 aliphatic rings. The van der Waals surface area contributed by atoms with Gasteiger partial charge in [0.25, 0.3) is 0 Å². The number of carbonyl (C=O) groups excluding carboxylic acids is 1. The van der Waals surface area contributed by atoms with Gasteiger partial charge in [-0.3, -0.25) is 4.79 Å². The van der Waals surface area contributed by atoms with E-state index in [0.717, 1.165) is 5.56 Å². The first-order chi connectivity index (χ1) is 9.02. The summed E-state index contributed by atoms with van der Waals surface area (Å²) in [6.45, 7) is 3.09. The van der Waals surface area contributed by atoms with Crippen LogP contribution in [0.4, 0.5) is 4.39 Å². The van der Waals surface area contributed by atoms with Crippen LogP contribution in [0.25, 0.3) is 0 Å². The standard InChI is InChI=1S/C14H18FNO3/c1-14(8-16-7-10(14)13(17)19-3)9-4-5-12(18-2)11(15)6-9/h4-6,10,16H,7-8H2,1-3H3. The summed E-state index contributed by atoms with van der Waals surface area (Å²) in [5.41, 5.74) is 0.298. The molecule has 0 radical (unpaired) electrons. The minimum atomic E-state index is -0.472. The fourth-order valence-electron chi connectivity index (χ4n) is 2.64. The molecular formula is C14H18FNO3. The molecule has 0 saturated carbocycles. The van der Waals surface area contributed by atoms with Gasteiger partial charge in [-0.2, -0.15) is 0 Å². The van der Waals surface area contributed by atoms with E-state index in [0.29, 0.717) is 13.1 Å². The average molecular weight is 267 g/mol. The molecule has 1 aromatic rings. The number of esters is 1. The van der Waals surface area contributed by atoms with Gasteiger partial charge in [-0.25, -0.2) is 4.39 Å². The van der Waals surface area contributed by atoms with E-state index in [2.05, 4.69) is 5.32 Å². The number of nitrogens with one attached hydrogen (secondary N) is 1. The van der Waals surface area contributed by atoms with Gasteiger partial charge in [-0.1, -0.05) is 13.0 Å². The van der Waals surface area contributed by atoms with E-state index >= 15 is 0 Å².